The molecule has 2 heteroatoms. The topological polar surface area (TPSA) is 6.48 Å². The van der Waals surface area contributed by atoms with Crippen LogP contribution in [-0.4, -0.2) is 26.2 Å². The number of anilines is 2. The van der Waals surface area contributed by atoms with Gasteiger partial charge in [0.05, 0.1) is 0 Å². The Hall–Kier alpha value is -1.96. The minimum Gasteiger partial charge on any atom is -0.368 e. The lowest BCUT2D eigenvalue weighted by molar-refractivity contribution is 0.653. The van der Waals surface area contributed by atoms with Crippen molar-refractivity contribution in [2.24, 2.45) is 0 Å². The normalized spacial score (nSPS) is 15.3. The van der Waals surface area contributed by atoms with Gasteiger partial charge in [0.15, 0.2) is 0 Å². The Kier molecular flexibility index (Phi) is 4.14. The fourth-order valence-corrected chi connectivity index (χ4v) is 2.92. The molecule has 0 amide bonds. The lowest BCUT2D eigenvalue weighted by atomic mass is 10.1. The second-order valence-electron chi connectivity index (χ2n) is 5.83. The van der Waals surface area contributed by atoms with Gasteiger partial charge in [0, 0.05) is 37.6 Å². The van der Waals surface area contributed by atoms with Gasteiger partial charge in [-0.15, -0.1) is 0 Å². The molecular weight excluding hydrogens is 256 g/mol. The molecule has 0 atom stereocenters. The summed E-state index contributed by atoms with van der Waals surface area (Å²) in [6, 6.07) is 17.9. The van der Waals surface area contributed by atoms with Gasteiger partial charge in [0.1, 0.15) is 0 Å². The van der Waals surface area contributed by atoms with Crippen LogP contribution in [0, 0.1) is 6.92 Å². The zero-order chi connectivity index (χ0) is 14.7. The molecule has 1 heterocycles. The molecule has 21 heavy (non-hydrogen) atoms. The molecule has 1 aliphatic heterocycles. The summed E-state index contributed by atoms with van der Waals surface area (Å²) in [4.78, 5) is 4.97. The van der Waals surface area contributed by atoms with Crippen LogP contribution in [0.4, 0.5) is 11.4 Å². The highest BCUT2D eigenvalue weighted by Crippen LogP contribution is 2.21. The minimum absolute atomic E-state index is 1.10. The molecule has 0 radical (unpaired) electrons. The van der Waals surface area contributed by atoms with Crippen molar-refractivity contribution < 1.29 is 0 Å². The van der Waals surface area contributed by atoms with Crippen LogP contribution in [0.15, 0.2) is 48.5 Å². The molecule has 0 aliphatic carbocycles. The van der Waals surface area contributed by atoms with E-state index in [1.54, 1.807) is 0 Å². The number of aryl methyl sites for hydroxylation is 2. The fourth-order valence-electron chi connectivity index (χ4n) is 2.92. The molecule has 0 aromatic heterocycles. The van der Waals surface area contributed by atoms with E-state index < -0.39 is 0 Å². The zero-order valence-electron chi connectivity index (χ0n) is 13.0. The molecule has 110 valence electrons. The van der Waals surface area contributed by atoms with Crippen LogP contribution >= 0.6 is 0 Å². The predicted octanol–water partition coefficient (Wildman–Crippen LogP) is 3.88. The van der Waals surface area contributed by atoms with Crippen molar-refractivity contribution in [3.8, 4) is 0 Å². The highest BCUT2D eigenvalue weighted by Gasteiger charge is 2.17. The molecule has 1 fully saturated rings. The van der Waals surface area contributed by atoms with Crippen LogP contribution in [0.3, 0.4) is 0 Å². The third kappa shape index (κ3) is 3.21. The smallest absolute Gasteiger partial charge is 0.0367 e. The Labute approximate surface area is 128 Å². The van der Waals surface area contributed by atoms with Gasteiger partial charge >= 0.3 is 0 Å². The Morgan fingerprint density at radius 1 is 0.714 bits per heavy atom. The summed E-state index contributed by atoms with van der Waals surface area (Å²) >= 11 is 0. The lowest BCUT2D eigenvalue weighted by Crippen LogP contribution is -2.46. The first-order valence-electron chi connectivity index (χ1n) is 7.92. The van der Waals surface area contributed by atoms with Gasteiger partial charge in [-0.2, -0.15) is 0 Å². The maximum atomic E-state index is 2.49. The van der Waals surface area contributed by atoms with E-state index in [-0.39, 0.29) is 0 Å². The number of piperazine rings is 1. The Morgan fingerprint density at radius 2 is 1.14 bits per heavy atom. The van der Waals surface area contributed by atoms with Crippen molar-refractivity contribution in [2.75, 3.05) is 36.0 Å². The highest BCUT2D eigenvalue weighted by atomic mass is 15.3. The maximum absolute atomic E-state index is 2.49. The van der Waals surface area contributed by atoms with Crippen molar-refractivity contribution in [3.63, 3.8) is 0 Å². The molecule has 0 N–H and O–H groups in total. The molecule has 0 unspecified atom stereocenters. The number of hydrogen-bond acceptors (Lipinski definition) is 2. The molecule has 2 nitrogen and oxygen atoms in total. The van der Waals surface area contributed by atoms with Crippen LogP contribution in [0.25, 0.3) is 0 Å². The molecule has 1 aliphatic rings. The Bertz CT molecular complexity index is 564. The third-order valence-electron chi connectivity index (χ3n) is 4.39. The van der Waals surface area contributed by atoms with Crippen LogP contribution in [0.2, 0.25) is 0 Å². The number of hydrogen-bond donors (Lipinski definition) is 0. The SMILES string of the molecule is CCc1ccc(N2CCN(c3ccc(C)cc3)CC2)cc1. The lowest BCUT2D eigenvalue weighted by Gasteiger charge is -2.37. The minimum atomic E-state index is 1.10. The summed E-state index contributed by atoms with van der Waals surface area (Å²) in [5.41, 5.74) is 5.45. The first-order chi connectivity index (χ1) is 10.3. The van der Waals surface area contributed by atoms with Crippen LogP contribution in [0.1, 0.15) is 18.1 Å². The van der Waals surface area contributed by atoms with Gasteiger partial charge in [0.2, 0.25) is 0 Å². The summed E-state index contributed by atoms with van der Waals surface area (Å²) in [5, 5.41) is 0. The number of benzene rings is 2. The monoisotopic (exact) mass is 280 g/mol. The molecule has 0 bridgehead atoms. The fraction of sp³-hybridized carbons (Fsp3) is 0.368. The summed E-state index contributed by atoms with van der Waals surface area (Å²) in [6.45, 7) is 8.73. The van der Waals surface area contributed by atoms with E-state index in [9.17, 15) is 0 Å². The van der Waals surface area contributed by atoms with Crippen molar-refractivity contribution >= 4 is 11.4 Å². The van der Waals surface area contributed by atoms with E-state index in [0.717, 1.165) is 32.6 Å². The second kappa shape index (κ2) is 6.21. The van der Waals surface area contributed by atoms with E-state index in [4.69, 9.17) is 0 Å². The van der Waals surface area contributed by atoms with Gasteiger partial charge < -0.3 is 9.80 Å². The Morgan fingerprint density at radius 3 is 1.57 bits per heavy atom. The third-order valence-corrected chi connectivity index (χ3v) is 4.39. The van der Waals surface area contributed by atoms with E-state index in [1.165, 1.54) is 22.5 Å². The van der Waals surface area contributed by atoms with Gasteiger partial charge in [-0.25, -0.2) is 0 Å². The molecular formula is C19H24N2. The predicted molar refractivity (Wildman–Crippen MR) is 91.4 cm³/mol. The molecule has 3 rings (SSSR count). The van der Waals surface area contributed by atoms with Crippen LogP contribution in [0.5, 0.6) is 0 Å². The summed E-state index contributed by atoms with van der Waals surface area (Å²) in [5.74, 6) is 0. The highest BCUT2D eigenvalue weighted by molar-refractivity contribution is 5.52. The second-order valence-corrected chi connectivity index (χ2v) is 5.83. The van der Waals surface area contributed by atoms with E-state index >= 15 is 0 Å². The van der Waals surface area contributed by atoms with Crippen molar-refractivity contribution in [3.05, 3.63) is 59.7 Å². The average Bonchev–Trinajstić information content (AvgIpc) is 2.56. The van der Waals surface area contributed by atoms with Gasteiger partial charge in [-0.05, 0) is 43.2 Å². The van der Waals surface area contributed by atoms with Crippen molar-refractivity contribution in [1.82, 2.24) is 0 Å². The van der Waals surface area contributed by atoms with Crippen LogP contribution < -0.4 is 9.80 Å². The van der Waals surface area contributed by atoms with E-state index in [2.05, 4.69) is 72.2 Å². The summed E-state index contributed by atoms with van der Waals surface area (Å²) in [6.07, 6.45) is 1.11. The molecule has 2 aromatic rings. The summed E-state index contributed by atoms with van der Waals surface area (Å²) < 4.78 is 0. The quantitative estimate of drug-likeness (QED) is 0.841. The molecule has 2 aromatic carbocycles. The van der Waals surface area contributed by atoms with E-state index in [0.29, 0.717) is 0 Å². The molecule has 1 saturated heterocycles. The zero-order valence-corrected chi connectivity index (χ0v) is 13.0. The van der Waals surface area contributed by atoms with Gasteiger partial charge in [-0.3, -0.25) is 0 Å². The Balaban J connectivity index is 1.62. The first-order valence-corrected chi connectivity index (χ1v) is 7.92. The first kappa shape index (κ1) is 14.0. The van der Waals surface area contributed by atoms with Gasteiger partial charge in [0.25, 0.3) is 0 Å². The van der Waals surface area contributed by atoms with Crippen molar-refractivity contribution in [1.29, 1.82) is 0 Å². The molecule has 0 saturated carbocycles. The van der Waals surface area contributed by atoms with E-state index in [1.807, 2.05) is 0 Å². The number of nitrogens with zero attached hydrogens (tertiary/aromatic N) is 2. The summed E-state index contributed by atoms with van der Waals surface area (Å²) in [7, 11) is 0. The maximum Gasteiger partial charge on any atom is 0.0367 e. The standard InChI is InChI=1S/C19H24N2/c1-3-17-6-10-19(11-7-17)21-14-12-20(13-15-21)18-8-4-16(2)5-9-18/h4-11H,3,12-15H2,1-2H3. The van der Waals surface area contributed by atoms with Gasteiger partial charge in [-0.1, -0.05) is 36.8 Å². The van der Waals surface area contributed by atoms with Crippen LogP contribution in [-0.2, 0) is 6.42 Å². The largest absolute Gasteiger partial charge is 0.368 e. The van der Waals surface area contributed by atoms with Crippen molar-refractivity contribution in [2.45, 2.75) is 20.3 Å². The molecule has 0 spiro atoms. The average molecular weight is 280 g/mol. The number of rotatable bonds is 3.